The predicted molar refractivity (Wildman–Crippen MR) is 71.0 cm³/mol. The Hall–Kier alpha value is -1.09. The van der Waals surface area contributed by atoms with E-state index in [1.165, 1.54) is 39.9 Å². The standard InChI is InChI=1S/C16H15.Li/c1-2-5-13-10-11-14-9-8-12-6-3-4-7-15(12)16(13)14;/h3-4,6-11H,2,5H2,1H3;/q-1;+1. The second-order valence-corrected chi connectivity index (χ2v) is 4.36. The molecule has 0 aliphatic rings. The van der Waals surface area contributed by atoms with Gasteiger partial charge in [0.2, 0.25) is 0 Å². The van der Waals surface area contributed by atoms with Gasteiger partial charge < -0.3 is 0 Å². The second-order valence-electron chi connectivity index (χ2n) is 4.36. The van der Waals surface area contributed by atoms with Crippen molar-refractivity contribution in [3.63, 3.8) is 0 Å². The Morgan fingerprint density at radius 3 is 2.53 bits per heavy atom. The van der Waals surface area contributed by atoms with E-state index in [9.17, 15) is 0 Å². The zero-order chi connectivity index (χ0) is 11.0. The first-order chi connectivity index (χ1) is 7.90. The van der Waals surface area contributed by atoms with E-state index in [2.05, 4.69) is 55.5 Å². The summed E-state index contributed by atoms with van der Waals surface area (Å²) < 4.78 is 0. The van der Waals surface area contributed by atoms with E-state index in [0.717, 1.165) is 0 Å². The van der Waals surface area contributed by atoms with Crippen LogP contribution >= 0.6 is 0 Å². The van der Waals surface area contributed by atoms with Crippen molar-refractivity contribution in [1.82, 2.24) is 0 Å². The topological polar surface area (TPSA) is 0 Å². The molecule has 0 saturated heterocycles. The van der Waals surface area contributed by atoms with Crippen LogP contribution in [-0.4, -0.2) is 0 Å². The van der Waals surface area contributed by atoms with E-state index in [-0.39, 0.29) is 18.9 Å². The summed E-state index contributed by atoms with van der Waals surface area (Å²) in [4.78, 5) is 0. The number of aryl methyl sites for hydroxylation is 1. The zero-order valence-electron chi connectivity index (χ0n) is 10.5. The molecule has 3 aromatic rings. The van der Waals surface area contributed by atoms with Crippen LogP contribution in [0.4, 0.5) is 0 Å². The minimum absolute atomic E-state index is 0. The summed E-state index contributed by atoms with van der Waals surface area (Å²) in [5.74, 6) is 0. The van der Waals surface area contributed by atoms with Gasteiger partial charge in [-0.2, -0.15) is 6.07 Å². The Balaban J connectivity index is 0.00000108. The average molecular weight is 214 g/mol. The first-order valence-electron chi connectivity index (χ1n) is 5.96. The van der Waals surface area contributed by atoms with Crippen molar-refractivity contribution in [3.05, 3.63) is 54.1 Å². The van der Waals surface area contributed by atoms with Crippen LogP contribution in [-0.2, 0) is 6.42 Å². The molecule has 0 aliphatic heterocycles. The molecule has 17 heavy (non-hydrogen) atoms. The molecule has 3 aromatic carbocycles. The number of hydrogen-bond acceptors (Lipinski definition) is 0. The third-order valence-electron chi connectivity index (χ3n) is 3.27. The van der Waals surface area contributed by atoms with Crippen molar-refractivity contribution in [3.8, 4) is 0 Å². The van der Waals surface area contributed by atoms with Gasteiger partial charge in [-0.3, -0.25) is 0 Å². The van der Waals surface area contributed by atoms with E-state index < -0.39 is 0 Å². The largest absolute Gasteiger partial charge is 1.00 e. The van der Waals surface area contributed by atoms with Gasteiger partial charge in [0.15, 0.2) is 0 Å². The van der Waals surface area contributed by atoms with Crippen molar-refractivity contribution < 1.29 is 18.9 Å². The van der Waals surface area contributed by atoms with Gasteiger partial charge in [-0.25, -0.2) is 0 Å². The van der Waals surface area contributed by atoms with Gasteiger partial charge in [-0.15, -0.1) is 28.5 Å². The number of benzene rings is 2. The monoisotopic (exact) mass is 214 g/mol. The van der Waals surface area contributed by atoms with Crippen LogP contribution in [0.2, 0.25) is 0 Å². The Morgan fingerprint density at radius 2 is 1.71 bits per heavy atom. The van der Waals surface area contributed by atoms with Crippen LogP contribution in [0.25, 0.3) is 21.5 Å². The average Bonchev–Trinajstić information content (AvgIpc) is 2.73. The Bertz CT molecular complexity index is 634. The fourth-order valence-electron chi connectivity index (χ4n) is 2.54. The van der Waals surface area contributed by atoms with E-state index in [1.54, 1.807) is 0 Å². The minimum Gasteiger partial charge on any atom is -0.168 e. The molecule has 0 aliphatic carbocycles. The molecule has 0 fully saturated rings. The van der Waals surface area contributed by atoms with Crippen molar-refractivity contribution in [1.29, 1.82) is 0 Å². The number of rotatable bonds is 2. The summed E-state index contributed by atoms with van der Waals surface area (Å²) in [5.41, 5.74) is 1.49. The SMILES string of the molecule is CCC[c-]1ccc2ccc3ccccc3c21.[Li+]. The maximum Gasteiger partial charge on any atom is 1.00 e. The first kappa shape index (κ1) is 12.4. The van der Waals surface area contributed by atoms with E-state index in [1.807, 2.05) is 0 Å². The Morgan fingerprint density at radius 1 is 0.941 bits per heavy atom. The van der Waals surface area contributed by atoms with Gasteiger partial charge >= 0.3 is 18.9 Å². The van der Waals surface area contributed by atoms with Crippen LogP contribution in [0.15, 0.2) is 48.5 Å². The molecule has 0 atom stereocenters. The molecule has 0 heterocycles. The maximum atomic E-state index is 2.28. The quantitative estimate of drug-likeness (QED) is 0.449. The maximum absolute atomic E-state index is 2.28. The van der Waals surface area contributed by atoms with Crippen molar-refractivity contribution in [2.45, 2.75) is 19.8 Å². The molecule has 0 amide bonds. The molecular formula is C16H15Li. The molecule has 0 bridgehead atoms. The van der Waals surface area contributed by atoms with Crippen molar-refractivity contribution in [2.75, 3.05) is 0 Å². The van der Waals surface area contributed by atoms with E-state index in [4.69, 9.17) is 0 Å². The Kier molecular flexibility index (Phi) is 3.67. The van der Waals surface area contributed by atoms with Crippen LogP contribution in [0, 0.1) is 0 Å². The minimum atomic E-state index is 0. The molecule has 0 unspecified atom stereocenters. The van der Waals surface area contributed by atoms with Gasteiger partial charge in [0.25, 0.3) is 0 Å². The van der Waals surface area contributed by atoms with Gasteiger partial charge in [0.1, 0.15) is 0 Å². The summed E-state index contributed by atoms with van der Waals surface area (Å²) >= 11 is 0. The first-order valence-corrected chi connectivity index (χ1v) is 5.96. The van der Waals surface area contributed by atoms with Crippen molar-refractivity contribution in [2.24, 2.45) is 0 Å². The van der Waals surface area contributed by atoms with Gasteiger partial charge in [-0.05, 0) is 0 Å². The molecule has 0 radical (unpaired) electrons. The fraction of sp³-hybridized carbons (Fsp3) is 0.188. The molecule has 0 aromatic heterocycles. The smallest absolute Gasteiger partial charge is 0.168 e. The molecule has 0 spiro atoms. The zero-order valence-corrected chi connectivity index (χ0v) is 10.5. The second kappa shape index (κ2) is 5.04. The summed E-state index contributed by atoms with van der Waals surface area (Å²) in [5, 5.41) is 5.58. The summed E-state index contributed by atoms with van der Waals surface area (Å²) in [7, 11) is 0. The summed E-state index contributed by atoms with van der Waals surface area (Å²) in [6, 6.07) is 17.6. The Labute approximate surface area is 114 Å². The fourth-order valence-corrected chi connectivity index (χ4v) is 2.54. The van der Waals surface area contributed by atoms with Crippen molar-refractivity contribution >= 4 is 21.5 Å². The number of hydrogen-bond donors (Lipinski definition) is 0. The van der Waals surface area contributed by atoms with Crippen LogP contribution < -0.4 is 18.9 Å². The van der Waals surface area contributed by atoms with Gasteiger partial charge in [0, 0.05) is 0 Å². The predicted octanol–water partition coefficient (Wildman–Crippen LogP) is 1.67. The van der Waals surface area contributed by atoms with E-state index >= 15 is 0 Å². The van der Waals surface area contributed by atoms with Crippen LogP contribution in [0.5, 0.6) is 0 Å². The number of fused-ring (bicyclic) bond motifs is 3. The molecule has 0 saturated carbocycles. The van der Waals surface area contributed by atoms with Crippen LogP contribution in [0.1, 0.15) is 18.9 Å². The van der Waals surface area contributed by atoms with Gasteiger partial charge in [-0.1, -0.05) is 60.9 Å². The summed E-state index contributed by atoms with van der Waals surface area (Å²) in [6.07, 6.45) is 2.39. The molecule has 80 valence electrons. The third-order valence-corrected chi connectivity index (χ3v) is 3.27. The van der Waals surface area contributed by atoms with Crippen LogP contribution in [0.3, 0.4) is 0 Å². The normalized spacial score (nSPS) is 10.6. The molecule has 0 nitrogen and oxygen atoms in total. The molecule has 0 N–H and O–H groups in total. The van der Waals surface area contributed by atoms with Gasteiger partial charge in [0.05, 0.1) is 0 Å². The molecule has 3 rings (SSSR count). The van der Waals surface area contributed by atoms with E-state index in [0.29, 0.717) is 0 Å². The molecular weight excluding hydrogens is 199 g/mol. The summed E-state index contributed by atoms with van der Waals surface area (Å²) in [6.45, 7) is 2.24. The third kappa shape index (κ3) is 2.04. The molecule has 1 heteroatoms.